The van der Waals surface area contributed by atoms with Crippen LogP contribution in [0.15, 0.2) is 24.3 Å². The van der Waals surface area contributed by atoms with Gasteiger partial charge in [0.1, 0.15) is 35.7 Å². The maximum atomic E-state index is 15.0. The minimum Gasteiger partial charge on any atom is -0.508 e. The number of aromatic hydroxyl groups is 1. The van der Waals surface area contributed by atoms with Gasteiger partial charge < -0.3 is 19.6 Å². The van der Waals surface area contributed by atoms with Gasteiger partial charge in [-0.3, -0.25) is 9.69 Å². The van der Waals surface area contributed by atoms with Gasteiger partial charge in [-0.2, -0.15) is 23.1 Å². The van der Waals surface area contributed by atoms with E-state index < -0.39 is 33.4 Å². The first-order valence-corrected chi connectivity index (χ1v) is 18.2. The SMILES string of the molecule is CCc1c(F)ccc2cc(O)cc(N3CCc4c(nc(OC[C@@]56CCCN5C[C@H](F)C6)nc4N4CCCC5(C4)NS(=O)(=O)NC5=O)C3)c12. The summed E-state index contributed by atoms with van der Waals surface area (Å²) >= 11 is 0. The lowest BCUT2D eigenvalue weighted by Gasteiger charge is -2.40. The zero-order chi connectivity index (χ0) is 33.4. The molecule has 48 heavy (non-hydrogen) atoms. The van der Waals surface area contributed by atoms with Crippen LogP contribution in [0.5, 0.6) is 11.8 Å². The summed E-state index contributed by atoms with van der Waals surface area (Å²) < 4.78 is 65.2. The molecule has 15 heteroatoms. The Balaban J connectivity index is 1.18. The lowest BCUT2D eigenvalue weighted by Crippen LogP contribution is -2.59. The number of anilines is 2. The number of phenolic OH excluding ortho intramolecular Hbond substituents is 1. The van der Waals surface area contributed by atoms with Crippen molar-refractivity contribution in [3.05, 3.63) is 46.9 Å². The number of alkyl halides is 1. The monoisotopic (exact) mass is 683 g/mol. The highest BCUT2D eigenvalue weighted by Crippen LogP contribution is 2.42. The molecule has 12 nitrogen and oxygen atoms in total. The number of hydrogen-bond donors (Lipinski definition) is 3. The quantitative estimate of drug-likeness (QED) is 0.356. The van der Waals surface area contributed by atoms with Crippen LogP contribution in [0.4, 0.5) is 20.3 Å². The molecule has 4 fully saturated rings. The number of amides is 1. The fourth-order valence-electron chi connectivity index (χ4n) is 8.69. The molecule has 8 rings (SSSR count). The Hall–Kier alpha value is -3.82. The summed E-state index contributed by atoms with van der Waals surface area (Å²) in [5.74, 6) is -0.245. The molecule has 256 valence electrons. The van der Waals surface area contributed by atoms with E-state index in [1.54, 1.807) is 18.2 Å². The van der Waals surface area contributed by atoms with E-state index in [1.165, 1.54) is 6.07 Å². The van der Waals surface area contributed by atoms with E-state index in [0.717, 1.165) is 35.7 Å². The number of aromatic nitrogens is 2. The zero-order valence-electron chi connectivity index (χ0n) is 26.8. The van der Waals surface area contributed by atoms with Crippen molar-refractivity contribution in [2.75, 3.05) is 49.1 Å². The van der Waals surface area contributed by atoms with Gasteiger partial charge >= 0.3 is 16.2 Å². The molecular weight excluding hydrogens is 644 g/mol. The van der Waals surface area contributed by atoms with Crippen LogP contribution in [0.2, 0.25) is 0 Å². The van der Waals surface area contributed by atoms with Crippen molar-refractivity contribution in [1.82, 2.24) is 24.3 Å². The van der Waals surface area contributed by atoms with Crippen molar-refractivity contribution >= 4 is 38.4 Å². The average Bonchev–Trinajstić information content (AvgIpc) is 3.65. The summed E-state index contributed by atoms with van der Waals surface area (Å²) in [6.07, 6.45) is 3.14. The number of nitrogens with zero attached hydrogens (tertiary/aromatic N) is 5. The Morgan fingerprint density at radius 1 is 1.12 bits per heavy atom. The van der Waals surface area contributed by atoms with Crippen LogP contribution in [0.3, 0.4) is 0 Å². The first-order chi connectivity index (χ1) is 23.0. The molecule has 1 aromatic heterocycles. The molecular formula is C33H39F2N7O5S. The van der Waals surface area contributed by atoms with E-state index in [4.69, 9.17) is 14.7 Å². The number of carbonyl (C=O) groups is 1. The maximum Gasteiger partial charge on any atom is 0.318 e. The molecule has 3 atom stereocenters. The van der Waals surface area contributed by atoms with Gasteiger partial charge in [0.15, 0.2) is 0 Å². The third-order valence-electron chi connectivity index (χ3n) is 10.9. The van der Waals surface area contributed by atoms with Crippen molar-refractivity contribution in [2.24, 2.45) is 0 Å². The van der Waals surface area contributed by atoms with E-state index in [2.05, 4.69) is 19.2 Å². The molecule has 1 amide bonds. The molecule has 2 aromatic carbocycles. The van der Waals surface area contributed by atoms with Gasteiger partial charge in [-0.1, -0.05) is 13.0 Å². The summed E-state index contributed by atoms with van der Waals surface area (Å²) in [5, 5.41) is 12.1. The maximum absolute atomic E-state index is 15.0. The van der Waals surface area contributed by atoms with Crippen LogP contribution in [0.1, 0.15) is 55.8 Å². The number of piperidine rings is 1. The molecule has 5 aliphatic rings. The first kappa shape index (κ1) is 31.4. The van der Waals surface area contributed by atoms with Gasteiger partial charge in [0.25, 0.3) is 5.91 Å². The highest BCUT2D eigenvalue weighted by atomic mass is 32.2. The van der Waals surface area contributed by atoms with Crippen LogP contribution in [0.25, 0.3) is 10.8 Å². The minimum absolute atomic E-state index is 0.0726. The fourth-order valence-corrected chi connectivity index (χ4v) is 9.96. The molecule has 1 unspecified atom stereocenters. The minimum atomic E-state index is -3.96. The number of carbonyl (C=O) groups excluding carboxylic acids is 1. The van der Waals surface area contributed by atoms with Gasteiger partial charge in [-0.25, -0.2) is 13.5 Å². The topological polar surface area (TPSA) is 140 Å². The van der Waals surface area contributed by atoms with E-state index in [0.29, 0.717) is 81.0 Å². The molecule has 3 aromatic rings. The number of nitrogens with one attached hydrogen (secondary N) is 2. The molecule has 5 aliphatic heterocycles. The summed E-state index contributed by atoms with van der Waals surface area (Å²) in [6.45, 7) is 4.81. The normalized spacial score (nSPS) is 28.2. The molecule has 0 aliphatic carbocycles. The Labute approximate surface area is 277 Å². The number of fused-ring (bicyclic) bond motifs is 3. The number of ether oxygens (including phenoxy) is 1. The largest absolute Gasteiger partial charge is 0.508 e. The third kappa shape index (κ3) is 5.21. The van der Waals surface area contributed by atoms with E-state index in [-0.39, 0.29) is 30.7 Å². The number of rotatable bonds is 6. The Morgan fingerprint density at radius 3 is 2.75 bits per heavy atom. The van der Waals surface area contributed by atoms with Crippen LogP contribution in [0, 0.1) is 5.82 Å². The molecule has 3 N–H and O–H groups in total. The Bertz CT molecular complexity index is 1930. The second-order valence-corrected chi connectivity index (χ2v) is 15.3. The van der Waals surface area contributed by atoms with Crippen LogP contribution in [-0.2, 0) is 34.4 Å². The van der Waals surface area contributed by atoms with Crippen molar-refractivity contribution in [2.45, 2.75) is 75.7 Å². The van der Waals surface area contributed by atoms with Crippen molar-refractivity contribution in [3.8, 4) is 11.8 Å². The van der Waals surface area contributed by atoms with Gasteiger partial charge in [0.05, 0.1) is 17.8 Å². The lowest BCUT2D eigenvalue weighted by atomic mass is 9.89. The molecule has 0 radical (unpaired) electrons. The number of halogens is 2. The molecule has 6 heterocycles. The Morgan fingerprint density at radius 2 is 1.96 bits per heavy atom. The molecule has 0 bridgehead atoms. The second-order valence-electron chi connectivity index (χ2n) is 13.9. The predicted octanol–water partition coefficient (Wildman–Crippen LogP) is 2.86. The second kappa shape index (κ2) is 11.4. The van der Waals surface area contributed by atoms with Crippen LogP contribution >= 0.6 is 0 Å². The van der Waals surface area contributed by atoms with Crippen LogP contribution < -0.4 is 24.0 Å². The van der Waals surface area contributed by atoms with E-state index in [1.807, 2.05) is 11.8 Å². The van der Waals surface area contributed by atoms with Crippen molar-refractivity contribution < 1.29 is 31.8 Å². The molecule has 1 spiro atoms. The lowest BCUT2D eigenvalue weighted by molar-refractivity contribution is -0.124. The number of hydrogen-bond acceptors (Lipinski definition) is 10. The highest BCUT2D eigenvalue weighted by Gasteiger charge is 2.52. The standard InChI is InChI=1S/C33H39F2N7O5S/c1-2-23-25(35)6-5-20-13-22(43)14-27(28(20)23)40-12-7-24-26(17-40)36-31(47-19-32-8-3-11-42(32)16-21(34)15-32)37-29(24)41-10-4-9-33(18-41)30(44)38-48(45,46)39-33/h5-6,13-14,21,39,43H,2-4,7-12,15-19H2,1H3,(H,38,44)/t21-,32+,33?/m1/s1. The van der Waals surface area contributed by atoms with E-state index >= 15 is 4.39 Å². The Kier molecular flexibility index (Phi) is 7.45. The predicted molar refractivity (Wildman–Crippen MR) is 175 cm³/mol. The van der Waals surface area contributed by atoms with Gasteiger partial charge in [0, 0.05) is 55.3 Å². The number of aryl methyl sites for hydroxylation is 1. The van der Waals surface area contributed by atoms with Crippen molar-refractivity contribution in [1.29, 1.82) is 0 Å². The van der Waals surface area contributed by atoms with E-state index in [9.17, 15) is 22.7 Å². The summed E-state index contributed by atoms with van der Waals surface area (Å²) in [6, 6.07) is 6.53. The fraction of sp³-hybridized carbons (Fsp3) is 0.545. The molecule has 4 saturated heterocycles. The van der Waals surface area contributed by atoms with Crippen molar-refractivity contribution in [3.63, 3.8) is 0 Å². The molecule has 0 saturated carbocycles. The summed E-state index contributed by atoms with van der Waals surface area (Å²) in [4.78, 5) is 28.9. The number of phenols is 1. The zero-order valence-corrected chi connectivity index (χ0v) is 27.6. The summed E-state index contributed by atoms with van der Waals surface area (Å²) in [7, 11) is -3.96. The van der Waals surface area contributed by atoms with Gasteiger partial charge in [-0.15, -0.1) is 0 Å². The highest BCUT2D eigenvalue weighted by molar-refractivity contribution is 7.88. The average molecular weight is 684 g/mol. The van der Waals surface area contributed by atoms with Crippen LogP contribution in [-0.4, -0.2) is 90.9 Å². The van der Waals surface area contributed by atoms with Gasteiger partial charge in [0.2, 0.25) is 0 Å². The third-order valence-corrected chi connectivity index (χ3v) is 12.0. The first-order valence-electron chi connectivity index (χ1n) is 16.7. The summed E-state index contributed by atoms with van der Waals surface area (Å²) in [5.41, 5.74) is 1.07. The van der Waals surface area contributed by atoms with Gasteiger partial charge in [-0.05, 0) is 68.2 Å². The number of benzene rings is 2. The smallest absolute Gasteiger partial charge is 0.318 e.